The molecule has 0 saturated carbocycles. The predicted octanol–water partition coefficient (Wildman–Crippen LogP) is 4.59. The number of hydrogen-bond donors (Lipinski definition) is 3. The van der Waals surface area contributed by atoms with E-state index in [0.29, 0.717) is 6.42 Å². The third-order valence-electron chi connectivity index (χ3n) is 5.72. The number of aryl methyl sites for hydroxylation is 1. The minimum Gasteiger partial charge on any atom is -0.388 e. The standard InChI is InChI=1S/C24H26N4OS/c1-16-13-19-23(26-20-9-5-6-10-21(20)27-24(19)30-16)28-12-11-25-18(15-28)14-22(29)17-7-3-2-4-8-17/h2-10,13,18,22,25,27,29H,11-12,14-15H2,1H3/t18?,22-/m1/s1. The molecule has 5 nitrogen and oxygen atoms in total. The first-order valence-corrected chi connectivity index (χ1v) is 11.3. The summed E-state index contributed by atoms with van der Waals surface area (Å²) in [6.45, 7) is 4.73. The summed E-state index contributed by atoms with van der Waals surface area (Å²) in [6, 6.07) is 20.6. The number of rotatable bonds is 3. The number of thiophene rings is 1. The number of amidine groups is 1. The summed E-state index contributed by atoms with van der Waals surface area (Å²) >= 11 is 1.77. The molecule has 1 unspecified atom stereocenters. The third-order valence-corrected chi connectivity index (χ3v) is 6.69. The van der Waals surface area contributed by atoms with Gasteiger partial charge in [-0.25, -0.2) is 4.99 Å². The summed E-state index contributed by atoms with van der Waals surface area (Å²) < 4.78 is 0. The lowest BCUT2D eigenvalue weighted by atomic mass is 10.00. The van der Waals surface area contributed by atoms with Crippen molar-refractivity contribution in [2.24, 2.45) is 4.99 Å². The lowest BCUT2D eigenvalue weighted by Gasteiger charge is -2.36. The molecular weight excluding hydrogens is 392 g/mol. The monoisotopic (exact) mass is 418 g/mol. The molecule has 2 aliphatic heterocycles. The Labute approximate surface area is 181 Å². The highest BCUT2D eigenvalue weighted by atomic mass is 32.1. The molecule has 6 heteroatoms. The highest BCUT2D eigenvalue weighted by Crippen LogP contribution is 2.39. The molecule has 0 amide bonds. The molecule has 0 aliphatic carbocycles. The van der Waals surface area contributed by atoms with Gasteiger partial charge < -0.3 is 20.6 Å². The minimum absolute atomic E-state index is 0.200. The van der Waals surface area contributed by atoms with Gasteiger partial charge in [-0.15, -0.1) is 11.3 Å². The molecule has 1 fully saturated rings. The number of hydrogen-bond acceptors (Lipinski definition) is 6. The third kappa shape index (κ3) is 3.86. The van der Waals surface area contributed by atoms with Crippen molar-refractivity contribution in [3.8, 4) is 0 Å². The molecule has 1 aromatic heterocycles. The van der Waals surface area contributed by atoms with Crippen LogP contribution in [0.5, 0.6) is 0 Å². The fourth-order valence-corrected chi connectivity index (χ4v) is 5.16. The Morgan fingerprint density at radius 1 is 1.17 bits per heavy atom. The SMILES string of the molecule is Cc1cc2c(s1)Nc1ccccc1N=C2N1CCNC(C[C@@H](O)c2ccccc2)C1. The minimum atomic E-state index is -0.471. The first-order chi connectivity index (χ1) is 14.7. The highest BCUT2D eigenvalue weighted by molar-refractivity contribution is 7.16. The van der Waals surface area contributed by atoms with Crippen molar-refractivity contribution >= 4 is 33.5 Å². The highest BCUT2D eigenvalue weighted by Gasteiger charge is 2.28. The Morgan fingerprint density at radius 2 is 1.97 bits per heavy atom. The van der Waals surface area contributed by atoms with Crippen LogP contribution in [-0.4, -0.2) is 41.5 Å². The molecule has 2 atom stereocenters. The number of fused-ring (bicyclic) bond motifs is 2. The first-order valence-electron chi connectivity index (χ1n) is 10.4. The Bertz CT molecular complexity index is 1060. The van der Waals surface area contributed by atoms with Crippen LogP contribution in [0.4, 0.5) is 16.4 Å². The van der Waals surface area contributed by atoms with E-state index in [1.165, 1.54) is 4.88 Å². The van der Waals surface area contributed by atoms with Gasteiger partial charge >= 0.3 is 0 Å². The van der Waals surface area contributed by atoms with Crippen LogP contribution in [0.25, 0.3) is 0 Å². The van der Waals surface area contributed by atoms with E-state index in [9.17, 15) is 5.11 Å². The van der Waals surface area contributed by atoms with Gasteiger partial charge in [-0.3, -0.25) is 0 Å². The Hall–Kier alpha value is -2.67. The van der Waals surface area contributed by atoms with E-state index >= 15 is 0 Å². The largest absolute Gasteiger partial charge is 0.388 e. The second kappa shape index (κ2) is 8.22. The molecule has 2 aromatic carbocycles. The summed E-state index contributed by atoms with van der Waals surface area (Å²) in [4.78, 5) is 8.72. The van der Waals surface area contributed by atoms with Gasteiger partial charge in [-0.2, -0.15) is 0 Å². The fraction of sp³-hybridized carbons (Fsp3) is 0.292. The normalized spacial score (nSPS) is 19.2. The van der Waals surface area contributed by atoms with E-state index in [1.807, 2.05) is 42.5 Å². The molecule has 0 spiro atoms. The van der Waals surface area contributed by atoms with Crippen LogP contribution in [0.3, 0.4) is 0 Å². The molecule has 1 saturated heterocycles. The molecule has 5 rings (SSSR count). The van der Waals surface area contributed by atoms with Crippen molar-refractivity contribution in [1.29, 1.82) is 0 Å². The van der Waals surface area contributed by atoms with Gasteiger partial charge in [-0.1, -0.05) is 42.5 Å². The maximum absolute atomic E-state index is 10.7. The van der Waals surface area contributed by atoms with Gasteiger partial charge in [0.25, 0.3) is 0 Å². The molecular formula is C24H26N4OS. The van der Waals surface area contributed by atoms with Crippen LogP contribution in [0.1, 0.15) is 28.5 Å². The zero-order valence-corrected chi connectivity index (χ0v) is 17.8. The van der Waals surface area contributed by atoms with E-state index < -0.39 is 6.10 Å². The maximum Gasteiger partial charge on any atom is 0.139 e. The van der Waals surface area contributed by atoms with Crippen LogP contribution in [0.2, 0.25) is 0 Å². The number of aliphatic imine (C=N–C) groups is 1. The second-order valence-electron chi connectivity index (χ2n) is 7.94. The molecule has 154 valence electrons. The van der Waals surface area contributed by atoms with Gasteiger partial charge in [0, 0.05) is 30.6 Å². The molecule has 0 radical (unpaired) electrons. The summed E-state index contributed by atoms with van der Waals surface area (Å²) in [5.41, 5.74) is 4.14. The van der Waals surface area contributed by atoms with Crippen molar-refractivity contribution in [2.45, 2.75) is 25.5 Å². The topological polar surface area (TPSA) is 59.9 Å². The van der Waals surface area contributed by atoms with Crippen molar-refractivity contribution in [2.75, 3.05) is 25.0 Å². The van der Waals surface area contributed by atoms with Gasteiger partial charge in [0.15, 0.2) is 0 Å². The number of aliphatic hydroxyl groups excluding tert-OH is 1. The van der Waals surface area contributed by atoms with E-state index in [0.717, 1.165) is 53.0 Å². The van der Waals surface area contributed by atoms with Crippen molar-refractivity contribution < 1.29 is 5.11 Å². The average Bonchev–Trinajstić information content (AvgIpc) is 3.06. The van der Waals surface area contributed by atoms with Gasteiger partial charge in [0.2, 0.25) is 0 Å². The molecule has 30 heavy (non-hydrogen) atoms. The number of para-hydroxylation sites is 2. The number of benzene rings is 2. The first kappa shape index (κ1) is 19.3. The maximum atomic E-state index is 10.7. The van der Waals surface area contributed by atoms with Crippen LogP contribution in [0.15, 0.2) is 65.7 Å². The summed E-state index contributed by atoms with van der Waals surface area (Å²) in [7, 11) is 0. The molecule has 0 bridgehead atoms. The Morgan fingerprint density at radius 3 is 2.83 bits per heavy atom. The van der Waals surface area contributed by atoms with Crippen LogP contribution in [-0.2, 0) is 0 Å². The van der Waals surface area contributed by atoms with E-state index in [-0.39, 0.29) is 6.04 Å². The number of nitrogens with one attached hydrogen (secondary N) is 2. The van der Waals surface area contributed by atoms with E-state index in [1.54, 1.807) is 11.3 Å². The second-order valence-corrected chi connectivity index (χ2v) is 9.19. The summed E-state index contributed by atoms with van der Waals surface area (Å²) in [6.07, 6.45) is 0.207. The van der Waals surface area contributed by atoms with Gasteiger partial charge in [-0.05, 0) is 37.1 Å². The van der Waals surface area contributed by atoms with Crippen molar-refractivity contribution in [1.82, 2.24) is 10.2 Å². The van der Waals surface area contributed by atoms with Crippen molar-refractivity contribution in [3.05, 3.63) is 76.7 Å². The Balaban J connectivity index is 1.42. The number of aliphatic hydroxyl groups is 1. The van der Waals surface area contributed by atoms with E-state index in [2.05, 4.69) is 40.7 Å². The quantitative estimate of drug-likeness (QED) is 0.582. The number of nitrogens with zero attached hydrogens (tertiary/aromatic N) is 2. The summed E-state index contributed by atoms with van der Waals surface area (Å²) in [5.74, 6) is 1.02. The summed E-state index contributed by atoms with van der Waals surface area (Å²) in [5, 5.41) is 19.0. The fourth-order valence-electron chi connectivity index (χ4n) is 4.24. The lowest BCUT2D eigenvalue weighted by Crippen LogP contribution is -2.53. The Kier molecular flexibility index (Phi) is 5.29. The molecule has 3 heterocycles. The zero-order valence-electron chi connectivity index (χ0n) is 17.0. The van der Waals surface area contributed by atoms with Gasteiger partial charge in [0.1, 0.15) is 10.8 Å². The number of piperazine rings is 1. The zero-order chi connectivity index (χ0) is 20.5. The molecule has 3 aromatic rings. The lowest BCUT2D eigenvalue weighted by molar-refractivity contribution is 0.136. The predicted molar refractivity (Wildman–Crippen MR) is 124 cm³/mol. The smallest absolute Gasteiger partial charge is 0.139 e. The van der Waals surface area contributed by atoms with Crippen LogP contribution in [0, 0.1) is 6.92 Å². The van der Waals surface area contributed by atoms with Crippen LogP contribution < -0.4 is 10.6 Å². The van der Waals surface area contributed by atoms with Crippen molar-refractivity contribution in [3.63, 3.8) is 0 Å². The number of anilines is 2. The average molecular weight is 419 g/mol. The van der Waals surface area contributed by atoms with Gasteiger partial charge in [0.05, 0.1) is 23.0 Å². The molecule has 2 aliphatic rings. The van der Waals surface area contributed by atoms with E-state index in [4.69, 9.17) is 4.99 Å². The van der Waals surface area contributed by atoms with Crippen LogP contribution >= 0.6 is 11.3 Å². The molecule has 3 N–H and O–H groups in total.